The number of ketones is 1. The summed E-state index contributed by atoms with van der Waals surface area (Å²) in [6, 6.07) is 13.6. The Kier molecular flexibility index (Phi) is 4.69. The first-order valence-corrected chi connectivity index (χ1v) is 12.2. The van der Waals surface area contributed by atoms with Crippen LogP contribution in [0.2, 0.25) is 5.02 Å². The maximum atomic E-state index is 13.1. The van der Waals surface area contributed by atoms with Crippen LogP contribution >= 0.6 is 11.6 Å². The maximum absolute atomic E-state index is 13.1. The monoisotopic (exact) mass is 465 g/mol. The molecule has 1 amide bonds. The van der Waals surface area contributed by atoms with Gasteiger partial charge in [-0.15, -0.1) is 0 Å². The molecule has 3 saturated carbocycles. The number of aryl methyl sites for hydroxylation is 1. The van der Waals surface area contributed by atoms with Crippen molar-refractivity contribution in [3.05, 3.63) is 64.2 Å². The van der Waals surface area contributed by atoms with Crippen molar-refractivity contribution in [3.63, 3.8) is 0 Å². The highest BCUT2D eigenvalue weighted by molar-refractivity contribution is 6.30. The smallest absolute Gasteiger partial charge is 0.223 e. The van der Waals surface area contributed by atoms with Crippen LogP contribution in [0.4, 0.5) is 0 Å². The van der Waals surface area contributed by atoms with E-state index in [0.29, 0.717) is 29.2 Å². The van der Waals surface area contributed by atoms with Crippen LogP contribution in [0, 0.1) is 12.3 Å². The van der Waals surface area contributed by atoms with Crippen LogP contribution < -0.4 is 4.74 Å². The molecule has 2 bridgehead atoms. The number of carbonyl (C=O) groups is 2. The highest BCUT2D eigenvalue weighted by Crippen LogP contribution is 2.72. The molecular weight excluding hydrogens is 438 g/mol. The van der Waals surface area contributed by atoms with E-state index in [-0.39, 0.29) is 35.0 Å². The minimum atomic E-state index is -0.748. The van der Waals surface area contributed by atoms with Gasteiger partial charge in [0.25, 0.3) is 0 Å². The van der Waals surface area contributed by atoms with Crippen LogP contribution in [0.25, 0.3) is 0 Å². The number of aliphatic hydroxyl groups is 1. The van der Waals surface area contributed by atoms with Crippen molar-refractivity contribution < 1.29 is 19.4 Å². The molecule has 2 aromatic rings. The molecule has 33 heavy (non-hydrogen) atoms. The lowest BCUT2D eigenvalue weighted by Crippen LogP contribution is -2.75. The molecular formula is C27H28ClNO4. The Labute approximate surface area is 198 Å². The number of rotatable bonds is 5. The molecule has 2 aliphatic heterocycles. The topological polar surface area (TPSA) is 66.8 Å². The molecule has 1 N–H and O–H groups in total. The zero-order chi connectivity index (χ0) is 23.0. The van der Waals surface area contributed by atoms with Gasteiger partial charge >= 0.3 is 0 Å². The summed E-state index contributed by atoms with van der Waals surface area (Å²) in [6.45, 7) is 2.86. The number of likely N-dealkylation sites (tertiary alicyclic amines) is 1. The molecule has 2 aromatic carbocycles. The number of aliphatic hydroxyl groups excluding tert-OH is 1. The van der Waals surface area contributed by atoms with E-state index in [2.05, 4.69) is 36.1 Å². The minimum absolute atomic E-state index is 0.00606. The molecule has 172 valence electrons. The third kappa shape index (κ3) is 3.39. The number of Topliss-reactive ketones (excluding diaryl/α,β-unsaturated/α-hetero) is 1. The fourth-order valence-corrected chi connectivity index (χ4v) is 6.92. The average molecular weight is 466 g/mol. The third-order valence-corrected chi connectivity index (χ3v) is 8.54. The lowest BCUT2D eigenvalue weighted by atomic mass is 9.37. The van der Waals surface area contributed by atoms with Gasteiger partial charge in [-0.1, -0.05) is 41.4 Å². The van der Waals surface area contributed by atoms with Crippen LogP contribution in [-0.2, 0) is 9.59 Å². The standard InChI is InChI=1S/C27H28ClNO4/c1-16-2-4-17(5-3-16)18-8-25(32)29(12-18)27-13-26(14-27,15-27)11-22(31)24-10-21(30)20-9-19(28)6-7-23(20)33-24/h2-7,9,18,21,24,30H,8,10-15H2,1H3/t18?,21-,24-,26?,27?/m1/s1. The molecule has 5 aliphatic rings. The van der Waals surface area contributed by atoms with Crippen LogP contribution in [0.5, 0.6) is 5.75 Å². The number of halogens is 1. The van der Waals surface area contributed by atoms with Crippen molar-refractivity contribution in [2.75, 3.05) is 6.54 Å². The predicted molar refractivity (Wildman–Crippen MR) is 124 cm³/mol. The van der Waals surface area contributed by atoms with Crippen molar-refractivity contribution in [3.8, 4) is 5.75 Å². The number of benzene rings is 2. The van der Waals surface area contributed by atoms with Crippen LogP contribution in [-0.4, -0.2) is 39.9 Å². The number of amides is 1. The summed E-state index contributed by atoms with van der Waals surface area (Å²) < 4.78 is 5.93. The van der Waals surface area contributed by atoms with Gasteiger partial charge < -0.3 is 14.7 Å². The van der Waals surface area contributed by atoms with E-state index in [1.165, 1.54) is 11.1 Å². The Bertz CT molecular complexity index is 1120. The lowest BCUT2D eigenvalue weighted by molar-refractivity contribution is -0.218. The van der Waals surface area contributed by atoms with Gasteiger partial charge in [-0.25, -0.2) is 0 Å². The Morgan fingerprint density at radius 1 is 1.18 bits per heavy atom. The molecule has 1 unspecified atom stereocenters. The summed E-state index contributed by atoms with van der Waals surface area (Å²) in [5.41, 5.74) is 3.06. The van der Waals surface area contributed by atoms with Gasteiger partial charge in [0.1, 0.15) is 5.75 Å². The van der Waals surface area contributed by atoms with Crippen molar-refractivity contribution in [1.82, 2.24) is 4.90 Å². The molecule has 7 rings (SSSR count). The largest absolute Gasteiger partial charge is 0.482 e. The second kappa shape index (κ2) is 7.31. The number of nitrogens with zero attached hydrogens (tertiary/aromatic N) is 1. The first-order chi connectivity index (χ1) is 15.8. The van der Waals surface area contributed by atoms with Gasteiger partial charge in [0.05, 0.1) is 6.10 Å². The normalized spacial score (nSPS) is 34.2. The highest BCUT2D eigenvalue weighted by atomic mass is 35.5. The quantitative estimate of drug-likeness (QED) is 0.693. The van der Waals surface area contributed by atoms with E-state index in [9.17, 15) is 14.7 Å². The molecule has 1 saturated heterocycles. The predicted octanol–water partition coefficient (Wildman–Crippen LogP) is 4.73. The SMILES string of the molecule is Cc1ccc(C2CC(=O)N(C34CC(CC(=O)[C@H]5C[C@@H](O)c6cc(Cl)ccc6O5)(C3)C4)C2)cc1. The van der Waals surface area contributed by atoms with E-state index in [1.807, 2.05) is 0 Å². The van der Waals surface area contributed by atoms with Crippen LogP contribution in [0.3, 0.4) is 0 Å². The lowest BCUT2D eigenvalue weighted by Gasteiger charge is -2.73. The summed E-state index contributed by atoms with van der Waals surface area (Å²) in [4.78, 5) is 28.0. The maximum Gasteiger partial charge on any atom is 0.223 e. The summed E-state index contributed by atoms with van der Waals surface area (Å²) in [5.74, 6) is 1.09. The number of hydrogen-bond donors (Lipinski definition) is 1. The number of carbonyl (C=O) groups excluding carboxylic acids is 2. The Hall–Kier alpha value is -2.37. The van der Waals surface area contributed by atoms with E-state index >= 15 is 0 Å². The summed E-state index contributed by atoms with van der Waals surface area (Å²) >= 11 is 6.03. The van der Waals surface area contributed by atoms with Crippen molar-refractivity contribution in [1.29, 1.82) is 0 Å². The third-order valence-electron chi connectivity index (χ3n) is 8.30. The zero-order valence-electron chi connectivity index (χ0n) is 18.7. The molecule has 5 nitrogen and oxygen atoms in total. The van der Waals surface area contributed by atoms with E-state index in [1.54, 1.807) is 18.2 Å². The summed E-state index contributed by atoms with van der Waals surface area (Å²) in [5, 5.41) is 11.0. The molecule has 6 heteroatoms. The molecule has 0 aromatic heterocycles. The van der Waals surface area contributed by atoms with Crippen molar-refractivity contribution in [2.45, 2.75) is 69.1 Å². The molecule has 4 fully saturated rings. The fraction of sp³-hybridized carbons (Fsp3) is 0.481. The molecule has 3 aliphatic carbocycles. The Morgan fingerprint density at radius 2 is 1.91 bits per heavy atom. The van der Waals surface area contributed by atoms with Gasteiger partial charge in [0, 0.05) is 47.9 Å². The van der Waals surface area contributed by atoms with Gasteiger partial charge in [0.2, 0.25) is 5.91 Å². The van der Waals surface area contributed by atoms with Crippen molar-refractivity contribution >= 4 is 23.3 Å². The van der Waals surface area contributed by atoms with Crippen LogP contribution in [0.1, 0.15) is 67.2 Å². The Balaban J connectivity index is 1.08. The van der Waals surface area contributed by atoms with Crippen LogP contribution in [0.15, 0.2) is 42.5 Å². The fourth-order valence-electron chi connectivity index (χ4n) is 6.74. The van der Waals surface area contributed by atoms with Gasteiger partial charge in [-0.05, 0) is 55.4 Å². The Morgan fingerprint density at radius 3 is 2.64 bits per heavy atom. The molecule has 3 atom stereocenters. The van der Waals surface area contributed by atoms with E-state index in [0.717, 1.165) is 25.8 Å². The molecule has 0 spiro atoms. The van der Waals surface area contributed by atoms with Gasteiger partial charge in [-0.2, -0.15) is 0 Å². The van der Waals surface area contributed by atoms with E-state index < -0.39 is 12.2 Å². The summed E-state index contributed by atoms with van der Waals surface area (Å²) in [7, 11) is 0. The highest BCUT2D eigenvalue weighted by Gasteiger charge is 2.72. The molecule has 2 heterocycles. The van der Waals surface area contributed by atoms with E-state index in [4.69, 9.17) is 16.3 Å². The van der Waals surface area contributed by atoms with Gasteiger partial charge in [-0.3, -0.25) is 9.59 Å². The first kappa shape index (κ1) is 21.2. The molecule has 0 radical (unpaired) electrons. The first-order valence-electron chi connectivity index (χ1n) is 11.8. The minimum Gasteiger partial charge on any atom is -0.482 e. The zero-order valence-corrected chi connectivity index (χ0v) is 19.5. The number of hydrogen-bond acceptors (Lipinski definition) is 4. The number of fused-ring (bicyclic) bond motifs is 1. The summed E-state index contributed by atoms with van der Waals surface area (Å²) in [6.07, 6.45) is 2.63. The second-order valence-electron chi connectivity index (χ2n) is 10.8. The van der Waals surface area contributed by atoms with Gasteiger partial charge in [0.15, 0.2) is 11.9 Å². The number of ether oxygens (including phenoxy) is 1. The second-order valence-corrected chi connectivity index (χ2v) is 11.2. The van der Waals surface area contributed by atoms with Crippen molar-refractivity contribution in [2.24, 2.45) is 5.41 Å². The average Bonchev–Trinajstić information content (AvgIpc) is 3.11.